The minimum Gasteiger partial charge on any atom is -0.495 e. The second kappa shape index (κ2) is 5.44. The summed E-state index contributed by atoms with van der Waals surface area (Å²) in [6.45, 7) is 2.11. The predicted molar refractivity (Wildman–Crippen MR) is 79.8 cm³/mol. The van der Waals surface area contributed by atoms with Crippen LogP contribution in [0.1, 0.15) is 44.1 Å². The quantitative estimate of drug-likeness (QED) is 0.866. The highest BCUT2D eigenvalue weighted by Gasteiger charge is 2.34. The molecule has 0 heterocycles. The second-order valence-corrected chi connectivity index (χ2v) is 6.31. The Hall–Kier alpha value is -1.18. The van der Waals surface area contributed by atoms with Gasteiger partial charge >= 0.3 is 0 Å². The van der Waals surface area contributed by atoms with Crippen molar-refractivity contribution in [3.63, 3.8) is 0 Å². The lowest BCUT2D eigenvalue weighted by Gasteiger charge is -2.31. The van der Waals surface area contributed by atoms with E-state index >= 15 is 0 Å². The summed E-state index contributed by atoms with van der Waals surface area (Å²) >= 11 is 0. The molecule has 104 valence electrons. The minimum absolute atomic E-state index is 0.635. The lowest BCUT2D eigenvalue weighted by Crippen LogP contribution is -2.28. The molecule has 0 aromatic heterocycles. The normalized spacial score (nSPS) is 27.1. The number of rotatable bonds is 4. The van der Waals surface area contributed by atoms with Gasteiger partial charge in [-0.2, -0.15) is 0 Å². The zero-order chi connectivity index (χ0) is 13.2. The van der Waals surface area contributed by atoms with Gasteiger partial charge in [0.1, 0.15) is 5.75 Å². The smallest absolute Gasteiger partial charge is 0.142 e. The number of nitrogens with one attached hydrogen (secondary N) is 1. The molecule has 2 aliphatic carbocycles. The number of hydrogen-bond donors (Lipinski definition) is 1. The Labute approximate surface area is 116 Å². The molecule has 19 heavy (non-hydrogen) atoms. The molecule has 2 nitrogen and oxygen atoms in total. The van der Waals surface area contributed by atoms with Crippen LogP contribution in [-0.2, 0) is 0 Å². The average Bonchev–Trinajstić information content (AvgIpc) is 3.25. The monoisotopic (exact) mass is 259 g/mol. The standard InChI is InChI=1S/C17H25NO/c1-12-6-9-16(17(10-12)19-2)18-15-5-3-4-14(11-15)13-7-8-13/h6,9-10,13-15,18H,3-5,7-8,11H2,1-2H3. The second-order valence-electron chi connectivity index (χ2n) is 6.31. The van der Waals surface area contributed by atoms with E-state index < -0.39 is 0 Å². The van der Waals surface area contributed by atoms with Crippen molar-refractivity contribution in [1.29, 1.82) is 0 Å². The van der Waals surface area contributed by atoms with Gasteiger partial charge in [-0.1, -0.05) is 18.9 Å². The molecule has 2 atom stereocenters. The average molecular weight is 259 g/mol. The van der Waals surface area contributed by atoms with Crippen LogP contribution >= 0.6 is 0 Å². The van der Waals surface area contributed by atoms with Gasteiger partial charge in [0.2, 0.25) is 0 Å². The molecule has 1 aromatic carbocycles. The van der Waals surface area contributed by atoms with Crippen LogP contribution in [0.5, 0.6) is 5.75 Å². The van der Waals surface area contributed by atoms with Crippen molar-refractivity contribution in [3.05, 3.63) is 23.8 Å². The van der Waals surface area contributed by atoms with Gasteiger partial charge in [0.25, 0.3) is 0 Å². The van der Waals surface area contributed by atoms with E-state index in [4.69, 9.17) is 4.74 Å². The van der Waals surface area contributed by atoms with Crippen molar-refractivity contribution in [2.45, 2.75) is 51.5 Å². The first kappa shape index (κ1) is 12.8. The molecular formula is C17H25NO. The van der Waals surface area contributed by atoms with Crippen molar-refractivity contribution >= 4 is 5.69 Å². The molecule has 2 fully saturated rings. The third-order valence-corrected chi connectivity index (χ3v) is 4.72. The summed E-state index contributed by atoms with van der Waals surface area (Å²) in [5.74, 6) is 3.00. The molecule has 0 radical (unpaired) electrons. The largest absolute Gasteiger partial charge is 0.495 e. The molecule has 0 bridgehead atoms. The van der Waals surface area contributed by atoms with Gasteiger partial charge in [-0.15, -0.1) is 0 Å². The van der Waals surface area contributed by atoms with Gasteiger partial charge in [-0.3, -0.25) is 0 Å². The van der Waals surface area contributed by atoms with E-state index in [0.717, 1.165) is 23.3 Å². The van der Waals surface area contributed by atoms with E-state index in [0.29, 0.717) is 6.04 Å². The third kappa shape index (κ3) is 3.05. The Balaban J connectivity index is 1.66. The van der Waals surface area contributed by atoms with Gasteiger partial charge in [0.05, 0.1) is 12.8 Å². The van der Waals surface area contributed by atoms with Crippen LogP contribution in [0.2, 0.25) is 0 Å². The zero-order valence-electron chi connectivity index (χ0n) is 12.1. The lowest BCUT2D eigenvalue weighted by molar-refractivity contribution is 0.302. The van der Waals surface area contributed by atoms with Gasteiger partial charge in [0, 0.05) is 6.04 Å². The number of benzene rings is 1. The number of ether oxygens (including phenoxy) is 1. The number of methoxy groups -OCH3 is 1. The number of hydrogen-bond acceptors (Lipinski definition) is 2. The number of anilines is 1. The summed E-state index contributed by atoms with van der Waals surface area (Å²) in [5, 5.41) is 3.72. The first-order chi connectivity index (χ1) is 9.26. The Morgan fingerprint density at radius 1 is 1.11 bits per heavy atom. The minimum atomic E-state index is 0.635. The zero-order valence-corrected chi connectivity index (χ0v) is 12.1. The highest BCUT2D eigenvalue weighted by atomic mass is 16.5. The Kier molecular flexibility index (Phi) is 3.67. The SMILES string of the molecule is COc1cc(C)ccc1NC1CCCC(C2CC2)C1. The Morgan fingerprint density at radius 2 is 1.95 bits per heavy atom. The summed E-state index contributed by atoms with van der Waals surface area (Å²) in [6.07, 6.45) is 8.44. The first-order valence-corrected chi connectivity index (χ1v) is 7.67. The van der Waals surface area contributed by atoms with E-state index in [9.17, 15) is 0 Å². The van der Waals surface area contributed by atoms with Crippen molar-refractivity contribution in [3.8, 4) is 5.75 Å². The summed E-state index contributed by atoms with van der Waals surface area (Å²) in [4.78, 5) is 0. The molecule has 2 unspecified atom stereocenters. The van der Waals surface area contributed by atoms with Crippen molar-refractivity contribution in [2.24, 2.45) is 11.8 Å². The van der Waals surface area contributed by atoms with Crippen molar-refractivity contribution in [1.82, 2.24) is 0 Å². The molecule has 0 saturated heterocycles. The summed E-state index contributed by atoms with van der Waals surface area (Å²) in [5.41, 5.74) is 2.41. The maximum atomic E-state index is 5.49. The van der Waals surface area contributed by atoms with E-state index in [1.807, 2.05) is 0 Å². The van der Waals surface area contributed by atoms with Crippen LogP contribution in [0.15, 0.2) is 18.2 Å². The fraction of sp³-hybridized carbons (Fsp3) is 0.647. The molecule has 2 heteroatoms. The van der Waals surface area contributed by atoms with Crippen LogP contribution < -0.4 is 10.1 Å². The van der Waals surface area contributed by atoms with Crippen LogP contribution in [0.25, 0.3) is 0 Å². The van der Waals surface area contributed by atoms with Gasteiger partial charge in [-0.25, -0.2) is 0 Å². The molecule has 2 aliphatic rings. The van der Waals surface area contributed by atoms with Gasteiger partial charge < -0.3 is 10.1 Å². The van der Waals surface area contributed by atoms with Crippen molar-refractivity contribution in [2.75, 3.05) is 12.4 Å². The van der Waals surface area contributed by atoms with Crippen LogP contribution in [-0.4, -0.2) is 13.2 Å². The van der Waals surface area contributed by atoms with E-state index in [1.165, 1.54) is 44.1 Å². The Bertz CT molecular complexity index is 439. The molecule has 0 amide bonds. The van der Waals surface area contributed by atoms with Crippen molar-refractivity contribution < 1.29 is 4.74 Å². The fourth-order valence-electron chi connectivity index (χ4n) is 3.49. The molecule has 1 aromatic rings. The molecule has 1 N–H and O–H groups in total. The summed E-state index contributed by atoms with van der Waals surface area (Å²) < 4.78 is 5.49. The molecule has 3 rings (SSSR count). The maximum Gasteiger partial charge on any atom is 0.142 e. The highest BCUT2D eigenvalue weighted by molar-refractivity contribution is 5.58. The summed E-state index contributed by atoms with van der Waals surface area (Å²) in [7, 11) is 1.76. The topological polar surface area (TPSA) is 21.3 Å². The molecular weight excluding hydrogens is 234 g/mol. The van der Waals surface area contributed by atoms with Crippen LogP contribution in [0, 0.1) is 18.8 Å². The first-order valence-electron chi connectivity index (χ1n) is 7.67. The Morgan fingerprint density at radius 3 is 2.68 bits per heavy atom. The van der Waals surface area contributed by atoms with Gasteiger partial charge in [0.15, 0.2) is 0 Å². The van der Waals surface area contributed by atoms with E-state index in [-0.39, 0.29) is 0 Å². The predicted octanol–water partition coefficient (Wildman–Crippen LogP) is 4.38. The van der Waals surface area contributed by atoms with Crippen LogP contribution in [0.4, 0.5) is 5.69 Å². The van der Waals surface area contributed by atoms with Gasteiger partial charge in [-0.05, 0) is 62.1 Å². The molecule has 0 aliphatic heterocycles. The molecule has 2 saturated carbocycles. The van der Waals surface area contributed by atoms with E-state index in [1.54, 1.807) is 7.11 Å². The lowest BCUT2D eigenvalue weighted by atomic mass is 9.82. The fourth-order valence-corrected chi connectivity index (χ4v) is 3.49. The van der Waals surface area contributed by atoms with Crippen LogP contribution in [0.3, 0.4) is 0 Å². The highest BCUT2D eigenvalue weighted by Crippen LogP contribution is 2.44. The number of aryl methyl sites for hydroxylation is 1. The summed E-state index contributed by atoms with van der Waals surface area (Å²) in [6, 6.07) is 7.07. The van der Waals surface area contributed by atoms with E-state index in [2.05, 4.69) is 30.4 Å². The maximum absolute atomic E-state index is 5.49. The molecule has 0 spiro atoms. The third-order valence-electron chi connectivity index (χ3n) is 4.72.